The van der Waals surface area contributed by atoms with E-state index in [0.717, 1.165) is 17.0 Å². The first-order chi connectivity index (χ1) is 16.1. The quantitative estimate of drug-likeness (QED) is 0.508. The summed E-state index contributed by atoms with van der Waals surface area (Å²) in [4.78, 5) is 39.7. The fourth-order valence-electron chi connectivity index (χ4n) is 3.78. The number of benzene rings is 3. The number of hydrogen-bond donors (Lipinski definition) is 2. The number of hydrogen-bond acceptors (Lipinski definition) is 3. The van der Waals surface area contributed by atoms with E-state index < -0.39 is 41.7 Å². The summed E-state index contributed by atoms with van der Waals surface area (Å²) >= 11 is 5.93. The third-order valence-electron chi connectivity index (χ3n) is 5.39. The van der Waals surface area contributed by atoms with Gasteiger partial charge in [-0.1, -0.05) is 72.3 Å². The first kappa shape index (κ1) is 23.3. The molecule has 2 N–H and O–H groups in total. The Kier molecular flexibility index (Phi) is 6.05. The molecular formula is C24H17ClF3N3O3. The number of urea groups is 1. The van der Waals surface area contributed by atoms with Crippen LogP contribution in [0.2, 0.25) is 5.02 Å². The number of anilines is 1. The molecule has 3 aromatic carbocycles. The Morgan fingerprint density at radius 3 is 2.03 bits per heavy atom. The Balaban J connectivity index is 1.62. The van der Waals surface area contributed by atoms with Crippen molar-refractivity contribution in [1.29, 1.82) is 0 Å². The number of carbonyl (C=O) groups is 3. The largest absolute Gasteiger partial charge is 0.416 e. The number of amides is 4. The normalized spacial score (nSPS) is 15.2. The molecule has 6 nitrogen and oxygen atoms in total. The molecule has 0 aromatic heterocycles. The summed E-state index contributed by atoms with van der Waals surface area (Å²) in [6.45, 7) is -0.724. The van der Waals surface area contributed by atoms with Crippen LogP contribution >= 0.6 is 11.6 Å². The highest BCUT2D eigenvalue weighted by Gasteiger charge is 2.54. The minimum Gasteiger partial charge on any atom is -0.323 e. The summed E-state index contributed by atoms with van der Waals surface area (Å²) in [5, 5.41) is 4.82. The van der Waals surface area contributed by atoms with E-state index in [1.54, 1.807) is 60.7 Å². The van der Waals surface area contributed by atoms with Crippen LogP contribution in [0.15, 0.2) is 78.9 Å². The van der Waals surface area contributed by atoms with Gasteiger partial charge in [0.15, 0.2) is 5.54 Å². The van der Waals surface area contributed by atoms with Crippen LogP contribution in [-0.2, 0) is 21.3 Å². The molecule has 0 bridgehead atoms. The number of imide groups is 1. The van der Waals surface area contributed by atoms with Gasteiger partial charge in [0, 0.05) is 0 Å². The maximum atomic E-state index is 13.6. The molecule has 0 aliphatic carbocycles. The summed E-state index contributed by atoms with van der Waals surface area (Å²) in [5.41, 5.74) is -1.87. The van der Waals surface area contributed by atoms with Crippen molar-refractivity contribution in [2.75, 3.05) is 11.9 Å². The molecule has 0 radical (unpaired) electrons. The van der Waals surface area contributed by atoms with E-state index in [1.165, 1.54) is 0 Å². The first-order valence-electron chi connectivity index (χ1n) is 10.0. The van der Waals surface area contributed by atoms with Crippen LogP contribution in [0.25, 0.3) is 0 Å². The zero-order valence-corrected chi connectivity index (χ0v) is 18.2. The zero-order chi connectivity index (χ0) is 24.5. The summed E-state index contributed by atoms with van der Waals surface area (Å²) in [7, 11) is 0. The smallest absolute Gasteiger partial charge is 0.323 e. The minimum absolute atomic E-state index is 0.124. The Morgan fingerprint density at radius 2 is 1.50 bits per heavy atom. The number of carbonyl (C=O) groups excluding carboxylic acids is 3. The molecule has 1 saturated heterocycles. The second-order valence-corrected chi connectivity index (χ2v) is 7.95. The lowest BCUT2D eigenvalue weighted by Gasteiger charge is -2.28. The second kappa shape index (κ2) is 8.83. The predicted molar refractivity (Wildman–Crippen MR) is 119 cm³/mol. The van der Waals surface area contributed by atoms with E-state index in [4.69, 9.17) is 11.6 Å². The monoisotopic (exact) mass is 487 g/mol. The van der Waals surface area contributed by atoms with Gasteiger partial charge in [0.05, 0.1) is 16.3 Å². The van der Waals surface area contributed by atoms with Gasteiger partial charge in [-0.05, 0) is 29.3 Å². The van der Waals surface area contributed by atoms with Gasteiger partial charge >= 0.3 is 12.2 Å². The molecule has 1 heterocycles. The van der Waals surface area contributed by atoms with Crippen LogP contribution in [0.1, 0.15) is 16.7 Å². The molecule has 1 aliphatic rings. The van der Waals surface area contributed by atoms with E-state index in [9.17, 15) is 27.6 Å². The van der Waals surface area contributed by atoms with Crippen LogP contribution in [0.5, 0.6) is 0 Å². The molecule has 0 spiro atoms. The number of halogens is 4. The molecule has 1 aliphatic heterocycles. The highest BCUT2D eigenvalue weighted by Crippen LogP contribution is 2.36. The number of rotatable bonds is 5. The van der Waals surface area contributed by atoms with Crippen LogP contribution in [0.3, 0.4) is 0 Å². The molecule has 0 atom stereocenters. The van der Waals surface area contributed by atoms with Gasteiger partial charge in [-0.3, -0.25) is 14.5 Å². The number of nitrogens with zero attached hydrogens (tertiary/aromatic N) is 1. The van der Waals surface area contributed by atoms with Crippen LogP contribution < -0.4 is 10.6 Å². The van der Waals surface area contributed by atoms with Gasteiger partial charge in [-0.25, -0.2) is 4.79 Å². The summed E-state index contributed by atoms with van der Waals surface area (Å²) in [6, 6.07) is 18.7. The lowest BCUT2D eigenvalue weighted by atomic mass is 9.82. The van der Waals surface area contributed by atoms with Gasteiger partial charge < -0.3 is 10.6 Å². The maximum Gasteiger partial charge on any atom is 0.416 e. The zero-order valence-electron chi connectivity index (χ0n) is 17.4. The highest BCUT2D eigenvalue weighted by atomic mass is 35.5. The Hall–Kier alpha value is -3.85. The van der Waals surface area contributed by atoms with E-state index in [2.05, 4.69) is 10.6 Å². The maximum absolute atomic E-state index is 13.6. The van der Waals surface area contributed by atoms with Crippen molar-refractivity contribution in [3.8, 4) is 0 Å². The molecule has 34 heavy (non-hydrogen) atoms. The molecule has 4 amide bonds. The predicted octanol–water partition coefficient (Wildman–Crippen LogP) is 4.79. The van der Waals surface area contributed by atoms with Crippen LogP contribution in [-0.4, -0.2) is 29.3 Å². The van der Waals surface area contributed by atoms with Gasteiger partial charge in [0.1, 0.15) is 6.54 Å². The molecule has 0 saturated carbocycles. The van der Waals surface area contributed by atoms with Crippen molar-refractivity contribution in [3.05, 3.63) is 101 Å². The molecule has 3 aromatic rings. The molecule has 4 rings (SSSR count). The number of nitrogens with one attached hydrogen (secondary N) is 2. The van der Waals surface area contributed by atoms with E-state index in [-0.39, 0.29) is 10.7 Å². The molecule has 0 unspecified atom stereocenters. The van der Waals surface area contributed by atoms with Crippen LogP contribution in [0, 0.1) is 0 Å². The van der Waals surface area contributed by atoms with Crippen molar-refractivity contribution < 1.29 is 27.6 Å². The Labute approximate surface area is 197 Å². The summed E-state index contributed by atoms with van der Waals surface area (Å²) in [6.07, 6.45) is -4.64. The average Bonchev–Trinajstić information content (AvgIpc) is 3.06. The molecule has 10 heteroatoms. The van der Waals surface area contributed by atoms with E-state index in [1.807, 2.05) is 0 Å². The van der Waals surface area contributed by atoms with Crippen molar-refractivity contribution in [3.63, 3.8) is 0 Å². The lowest BCUT2D eigenvalue weighted by Crippen LogP contribution is -2.45. The lowest BCUT2D eigenvalue weighted by molar-refractivity contribution is -0.137. The van der Waals surface area contributed by atoms with Crippen LogP contribution in [0.4, 0.5) is 23.7 Å². The average molecular weight is 488 g/mol. The van der Waals surface area contributed by atoms with Gasteiger partial charge in [-0.15, -0.1) is 0 Å². The van der Waals surface area contributed by atoms with Crippen molar-refractivity contribution in [2.24, 2.45) is 0 Å². The highest BCUT2D eigenvalue weighted by molar-refractivity contribution is 6.33. The molecule has 1 fully saturated rings. The number of alkyl halides is 3. The van der Waals surface area contributed by atoms with Crippen molar-refractivity contribution in [2.45, 2.75) is 11.7 Å². The summed E-state index contributed by atoms with van der Waals surface area (Å²) in [5.74, 6) is -1.58. The van der Waals surface area contributed by atoms with Gasteiger partial charge in [0.25, 0.3) is 5.91 Å². The first-order valence-corrected chi connectivity index (χ1v) is 10.4. The van der Waals surface area contributed by atoms with E-state index >= 15 is 0 Å². The van der Waals surface area contributed by atoms with Gasteiger partial charge in [-0.2, -0.15) is 13.2 Å². The standard InChI is InChI=1S/C24H17ClF3N3O3/c25-18-12-11-17(24(26,27)28)13-19(18)29-20(32)14-31-21(33)23(30-22(31)34,15-7-3-1-4-8-15)16-9-5-2-6-10-16/h1-13H,14H2,(H,29,32)(H,30,34). The fraction of sp³-hybridized carbons (Fsp3) is 0.125. The molecule has 174 valence electrons. The molecular weight excluding hydrogens is 471 g/mol. The van der Waals surface area contributed by atoms with Crippen molar-refractivity contribution in [1.82, 2.24) is 10.2 Å². The summed E-state index contributed by atoms with van der Waals surface area (Å²) < 4.78 is 39.0. The van der Waals surface area contributed by atoms with E-state index in [0.29, 0.717) is 17.2 Å². The third-order valence-corrected chi connectivity index (χ3v) is 5.72. The SMILES string of the molecule is O=C(CN1C(=O)NC(c2ccccc2)(c2ccccc2)C1=O)Nc1cc(C(F)(F)F)ccc1Cl. The minimum atomic E-state index is -4.64. The second-order valence-electron chi connectivity index (χ2n) is 7.54. The van der Waals surface area contributed by atoms with Crippen molar-refractivity contribution >= 4 is 35.1 Å². The fourth-order valence-corrected chi connectivity index (χ4v) is 3.95. The Morgan fingerprint density at radius 1 is 0.941 bits per heavy atom. The topological polar surface area (TPSA) is 78.5 Å². The van der Waals surface area contributed by atoms with Gasteiger partial charge in [0.2, 0.25) is 5.91 Å². The third kappa shape index (κ3) is 4.22. The Bertz CT molecular complexity index is 1210.